The highest BCUT2D eigenvalue weighted by molar-refractivity contribution is 5.94. The molecule has 2 aromatic rings. The Hall–Kier alpha value is -3.62. The predicted molar refractivity (Wildman–Crippen MR) is 163 cm³/mol. The zero-order valence-corrected chi connectivity index (χ0v) is 24.9. The fourth-order valence-corrected chi connectivity index (χ4v) is 7.72. The van der Waals surface area contributed by atoms with Crippen LogP contribution < -0.4 is 10.1 Å². The molecule has 2 atom stereocenters. The molecular weight excluding hydrogens is 569 g/mol. The van der Waals surface area contributed by atoms with E-state index in [4.69, 9.17) is 10.1 Å². The summed E-state index contributed by atoms with van der Waals surface area (Å²) in [7, 11) is 0. The first kappa shape index (κ1) is 31.8. The van der Waals surface area contributed by atoms with Gasteiger partial charge in [0.1, 0.15) is 5.75 Å². The lowest BCUT2D eigenvalue weighted by Crippen LogP contribution is -2.40. The van der Waals surface area contributed by atoms with E-state index in [0.29, 0.717) is 17.9 Å². The van der Waals surface area contributed by atoms with Crippen LogP contribution in [0.2, 0.25) is 0 Å². The molecule has 1 heterocycles. The highest BCUT2D eigenvalue weighted by atomic mass is 19.4. The summed E-state index contributed by atoms with van der Waals surface area (Å²) in [5, 5.41) is 11.5. The minimum Gasteiger partial charge on any atom is -0.481 e. The van der Waals surface area contributed by atoms with Crippen molar-refractivity contribution in [3.05, 3.63) is 77.4 Å². The highest BCUT2D eigenvalue weighted by Gasteiger charge is 2.44. The summed E-state index contributed by atoms with van der Waals surface area (Å²) in [5.74, 6) is 0.367. The first-order valence-corrected chi connectivity index (χ1v) is 15.8. The van der Waals surface area contributed by atoms with Gasteiger partial charge in [-0.25, -0.2) is 0 Å². The van der Waals surface area contributed by atoms with Gasteiger partial charge < -0.3 is 15.2 Å². The number of hydrogen-bond acceptors (Lipinski definition) is 4. The first-order chi connectivity index (χ1) is 21.1. The molecule has 0 saturated heterocycles. The summed E-state index contributed by atoms with van der Waals surface area (Å²) in [4.78, 5) is 28.5. The summed E-state index contributed by atoms with van der Waals surface area (Å²) < 4.78 is 42.3. The fourth-order valence-electron chi connectivity index (χ4n) is 7.72. The number of carbonyl (C=O) groups excluding carboxylic acids is 1. The summed E-state index contributed by atoms with van der Waals surface area (Å²) in [6.07, 6.45) is 12.7. The maximum absolute atomic E-state index is 12.7. The van der Waals surface area contributed by atoms with Crippen molar-refractivity contribution < 1.29 is 32.6 Å². The molecule has 2 saturated carbocycles. The molecule has 236 valence electrons. The van der Waals surface area contributed by atoms with Crippen molar-refractivity contribution in [2.45, 2.75) is 88.4 Å². The van der Waals surface area contributed by atoms with E-state index in [-0.39, 0.29) is 30.5 Å². The maximum Gasteiger partial charge on any atom is 0.573 e. The minimum absolute atomic E-state index is 0.0000270. The lowest BCUT2D eigenvalue weighted by molar-refractivity contribution is -0.274. The highest BCUT2D eigenvalue weighted by Crippen LogP contribution is 2.50. The van der Waals surface area contributed by atoms with Gasteiger partial charge in [-0.2, -0.15) is 0 Å². The van der Waals surface area contributed by atoms with Gasteiger partial charge in [0.15, 0.2) is 0 Å². The molecule has 0 spiro atoms. The molecule has 44 heavy (non-hydrogen) atoms. The van der Waals surface area contributed by atoms with Crippen molar-refractivity contribution in [2.24, 2.45) is 22.7 Å². The number of allylic oxidation sites excluding steroid dienone is 1. The topological polar surface area (TPSA) is 88.0 Å². The Morgan fingerprint density at radius 3 is 2.18 bits per heavy atom. The number of alkyl halides is 3. The van der Waals surface area contributed by atoms with Gasteiger partial charge in [0.25, 0.3) is 5.91 Å². The lowest BCUT2D eigenvalue weighted by atomic mass is 9.62. The van der Waals surface area contributed by atoms with Crippen LogP contribution in [0, 0.1) is 17.8 Å². The summed E-state index contributed by atoms with van der Waals surface area (Å²) in [6.45, 7) is 0.0538. The second-order valence-electron chi connectivity index (χ2n) is 12.6. The zero-order valence-electron chi connectivity index (χ0n) is 24.9. The van der Waals surface area contributed by atoms with Crippen molar-refractivity contribution >= 4 is 18.1 Å². The fraction of sp³-hybridized carbons (Fsp3) is 0.514. The number of aliphatic imine (C=N–C) groups is 1. The summed E-state index contributed by atoms with van der Waals surface area (Å²) in [5.41, 5.74) is 1.76. The Morgan fingerprint density at radius 2 is 1.59 bits per heavy atom. The molecule has 5 rings (SSSR count). The van der Waals surface area contributed by atoms with E-state index in [1.165, 1.54) is 57.1 Å². The monoisotopic (exact) mass is 610 g/mol. The normalized spacial score (nSPS) is 24.6. The van der Waals surface area contributed by atoms with Crippen LogP contribution in [0.5, 0.6) is 5.75 Å². The van der Waals surface area contributed by atoms with Crippen molar-refractivity contribution in [1.29, 1.82) is 0 Å². The van der Waals surface area contributed by atoms with Gasteiger partial charge in [-0.3, -0.25) is 14.6 Å². The van der Waals surface area contributed by atoms with Crippen LogP contribution >= 0.6 is 0 Å². The van der Waals surface area contributed by atoms with E-state index in [0.717, 1.165) is 35.8 Å². The van der Waals surface area contributed by atoms with Crippen molar-refractivity contribution in [2.75, 3.05) is 6.54 Å². The Bertz CT molecular complexity index is 1310. The van der Waals surface area contributed by atoms with Gasteiger partial charge in [-0.15, -0.1) is 13.2 Å². The third kappa shape index (κ3) is 8.10. The number of halogens is 3. The molecule has 2 aromatic carbocycles. The standard InChI is InChI=1S/C35H41F3N2O4/c36-35(37,38)44-30-17-7-24(8-18-30)23-34(20-4-21-40-34)32(27-11-9-26(10-12-27)25-5-2-1-3-6-25)28-13-15-29(16-14-28)33(43)39-22-19-31(41)42/h4,7-8,13-18,20-21,25-27,32H,1-3,5-6,9-12,19,22-23H2,(H,39,43)(H,41,42). The number of nitrogens with zero attached hydrogens (tertiary/aromatic N) is 1. The number of aliphatic carboxylic acids is 1. The van der Waals surface area contributed by atoms with Crippen LogP contribution in [0.25, 0.3) is 0 Å². The van der Waals surface area contributed by atoms with Crippen molar-refractivity contribution in [1.82, 2.24) is 5.32 Å². The molecule has 9 heteroatoms. The molecule has 6 nitrogen and oxygen atoms in total. The van der Waals surface area contributed by atoms with E-state index >= 15 is 0 Å². The van der Waals surface area contributed by atoms with Crippen molar-refractivity contribution in [3.63, 3.8) is 0 Å². The number of carbonyl (C=O) groups is 2. The van der Waals surface area contributed by atoms with E-state index in [2.05, 4.69) is 16.1 Å². The van der Waals surface area contributed by atoms with Crippen molar-refractivity contribution in [3.8, 4) is 5.75 Å². The SMILES string of the molecule is O=C(O)CCNC(=O)c1ccc(C(C2CCC(C3CCCCC3)CC2)C2(Cc3ccc(OC(F)(F)F)cc3)C=CC=N2)cc1. The number of ether oxygens (including phenoxy) is 1. The van der Waals surface area contributed by atoms with Crippen LogP contribution in [0.1, 0.15) is 91.6 Å². The molecular formula is C35H41F3N2O4. The van der Waals surface area contributed by atoms with E-state index in [1.807, 2.05) is 24.4 Å². The number of carboxylic acid groups (broad SMARTS) is 1. The largest absolute Gasteiger partial charge is 0.573 e. The molecule has 1 amide bonds. The van der Waals surface area contributed by atoms with Crippen LogP contribution in [0.3, 0.4) is 0 Å². The molecule has 1 aliphatic heterocycles. The second kappa shape index (κ2) is 14.0. The third-order valence-electron chi connectivity index (χ3n) is 9.73. The Balaban J connectivity index is 1.40. The third-order valence-corrected chi connectivity index (χ3v) is 9.73. The molecule has 0 bridgehead atoms. The quantitative estimate of drug-likeness (QED) is 0.271. The maximum atomic E-state index is 12.7. The minimum atomic E-state index is -4.75. The second-order valence-corrected chi connectivity index (χ2v) is 12.6. The summed E-state index contributed by atoms with van der Waals surface area (Å²) >= 11 is 0. The number of amides is 1. The number of hydrogen-bond donors (Lipinski definition) is 2. The van der Waals surface area contributed by atoms with Crippen LogP contribution in [-0.2, 0) is 11.2 Å². The number of benzene rings is 2. The van der Waals surface area contributed by atoms with Crippen LogP contribution in [0.4, 0.5) is 13.2 Å². The van der Waals surface area contributed by atoms with Gasteiger partial charge in [0.05, 0.1) is 12.0 Å². The molecule has 2 N–H and O–H groups in total. The van der Waals surface area contributed by atoms with Gasteiger partial charge >= 0.3 is 12.3 Å². The van der Waals surface area contributed by atoms with E-state index < -0.39 is 17.9 Å². The lowest BCUT2D eigenvalue weighted by Gasteiger charge is -2.44. The Kier molecular flexibility index (Phi) is 10.1. The number of rotatable bonds is 11. The van der Waals surface area contributed by atoms with E-state index in [1.54, 1.807) is 24.3 Å². The molecule has 0 radical (unpaired) electrons. The average molecular weight is 611 g/mol. The smallest absolute Gasteiger partial charge is 0.481 e. The van der Waals surface area contributed by atoms with Crippen LogP contribution in [-0.4, -0.2) is 41.6 Å². The van der Waals surface area contributed by atoms with Gasteiger partial charge in [-0.05, 0) is 84.9 Å². The molecule has 2 aliphatic carbocycles. The van der Waals surface area contributed by atoms with E-state index in [9.17, 15) is 22.8 Å². The molecule has 3 aliphatic rings. The van der Waals surface area contributed by atoms with Gasteiger partial charge in [-0.1, -0.05) is 62.4 Å². The average Bonchev–Trinajstić information content (AvgIpc) is 3.47. The summed E-state index contributed by atoms with van der Waals surface area (Å²) in [6, 6.07) is 13.6. The van der Waals surface area contributed by atoms with Crippen LogP contribution in [0.15, 0.2) is 65.7 Å². The Labute approximate surface area is 256 Å². The molecule has 0 aromatic heterocycles. The van der Waals surface area contributed by atoms with Gasteiger partial charge in [0, 0.05) is 30.7 Å². The first-order valence-electron chi connectivity index (χ1n) is 15.8. The predicted octanol–water partition coefficient (Wildman–Crippen LogP) is 7.88. The Morgan fingerprint density at radius 1 is 0.932 bits per heavy atom. The number of nitrogens with one attached hydrogen (secondary N) is 1. The number of carboxylic acids is 1. The zero-order chi connectivity index (χ0) is 31.2. The van der Waals surface area contributed by atoms with Gasteiger partial charge in [0.2, 0.25) is 0 Å². The molecule has 2 unspecified atom stereocenters. The molecule has 2 fully saturated rings.